The van der Waals surface area contributed by atoms with Crippen LogP contribution in [0.4, 0.5) is 0 Å². The Morgan fingerprint density at radius 3 is 2.18 bits per heavy atom. The van der Waals surface area contributed by atoms with E-state index >= 15 is 0 Å². The molecule has 2 heterocycles. The van der Waals surface area contributed by atoms with Crippen molar-refractivity contribution in [1.29, 1.82) is 10.5 Å². The average Bonchev–Trinajstić information content (AvgIpc) is 3.69. The molecule has 4 heteroatoms. The van der Waals surface area contributed by atoms with Crippen molar-refractivity contribution in [3.8, 4) is 40.1 Å². The molecule has 6 aromatic carbocycles. The third kappa shape index (κ3) is 3.46. The van der Waals surface area contributed by atoms with Gasteiger partial charge in [0.1, 0.15) is 11.2 Å². The summed E-state index contributed by atoms with van der Waals surface area (Å²) in [7, 11) is 0. The fraction of sp³-hybridized carbons (Fsp3) is 0.0732. The van der Waals surface area contributed by atoms with Gasteiger partial charge < -0.3 is 8.98 Å². The van der Waals surface area contributed by atoms with Crippen LogP contribution >= 0.6 is 0 Å². The van der Waals surface area contributed by atoms with Crippen molar-refractivity contribution in [3.63, 3.8) is 0 Å². The van der Waals surface area contributed by atoms with Gasteiger partial charge in [-0.2, -0.15) is 10.5 Å². The maximum Gasteiger partial charge on any atom is 0.137 e. The molecule has 8 aromatic rings. The van der Waals surface area contributed by atoms with E-state index in [-0.39, 0.29) is 5.41 Å². The van der Waals surface area contributed by atoms with Crippen LogP contribution in [0.2, 0.25) is 0 Å². The molecule has 210 valence electrons. The van der Waals surface area contributed by atoms with E-state index in [1.165, 1.54) is 33.0 Å². The second-order valence-electron chi connectivity index (χ2n) is 12.4. The van der Waals surface area contributed by atoms with E-state index in [9.17, 15) is 10.5 Å². The van der Waals surface area contributed by atoms with Crippen molar-refractivity contribution in [2.75, 3.05) is 0 Å². The number of benzene rings is 6. The highest BCUT2D eigenvalue weighted by molar-refractivity contribution is 6.16. The zero-order valence-electron chi connectivity index (χ0n) is 24.7. The van der Waals surface area contributed by atoms with Crippen molar-refractivity contribution in [2.24, 2.45) is 0 Å². The van der Waals surface area contributed by atoms with Gasteiger partial charge in [0.15, 0.2) is 0 Å². The minimum atomic E-state index is -0.120. The van der Waals surface area contributed by atoms with Crippen LogP contribution in [0, 0.1) is 22.7 Å². The smallest absolute Gasteiger partial charge is 0.137 e. The van der Waals surface area contributed by atoms with E-state index in [0.29, 0.717) is 11.1 Å². The Bertz CT molecular complexity index is 2620. The molecule has 0 bridgehead atoms. The third-order valence-electron chi connectivity index (χ3n) is 9.61. The standard InChI is InChI=1S/C41H25N3O/c1-41(2)33-10-5-3-8-28(33)30-20-31-29-9-4-6-11-35(29)44(37(31)21-34(30)41)36-12-7-13-39-40(36)32-19-26(14-15-38(32)45-39)27-17-24(22-42)16-25(18-27)23-43/h3-21H,1-2H3. The Kier molecular flexibility index (Phi) is 5.06. The first-order valence-electron chi connectivity index (χ1n) is 15.0. The molecule has 4 nitrogen and oxygen atoms in total. The fourth-order valence-electron chi connectivity index (χ4n) is 7.52. The van der Waals surface area contributed by atoms with Gasteiger partial charge in [-0.15, -0.1) is 0 Å². The zero-order valence-corrected chi connectivity index (χ0v) is 24.7. The van der Waals surface area contributed by atoms with Gasteiger partial charge in [0.2, 0.25) is 0 Å². The molecule has 2 aromatic heterocycles. The molecule has 0 unspecified atom stereocenters. The number of nitrogens with zero attached hydrogens (tertiary/aromatic N) is 3. The Morgan fingerprint density at radius 1 is 0.578 bits per heavy atom. The maximum absolute atomic E-state index is 9.59. The molecule has 0 saturated heterocycles. The van der Waals surface area contributed by atoms with E-state index in [1.54, 1.807) is 6.07 Å². The van der Waals surface area contributed by atoms with E-state index in [4.69, 9.17) is 4.42 Å². The van der Waals surface area contributed by atoms with Gasteiger partial charge in [-0.3, -0.25) is 0 Å². The van der Waals surface area contributed by atoms with Crippen molar-refractivity contribution >= 4 is 43.7 Å². The van der Waals surface area contributed by atoms with Crippen LogP contribution in [0.25, 0.3) is 71.7 Å². The van der Waals surface area contributed by atoms with Crippen LogP contribution in [0.1, 0.15) is 36.1 Å². The number of rotatable bonds is 2. The van der Waals surface area contributed by atoms with Crippen LogP contribution in [0.15, 0.2) is 120 Å². The molecule has 0 amide bonds. The zero-order chi connectivity index (χ0) is 30.4. The monoisotopic (exact) mass is 575 g/mol. The molecule has 1 aliphatic carbocycles. The second kappa shape index (κ2) is 8.96. The molecule has 0 fully saturated rings. The minimum absolute atomic E-state index is 0.120. The molecule has 0 saturated carbocycles. The van der Waals surface area contributed by atoms with Crippen LogP contribution < -0.4 is 0 Å². The summed E-state index contributed by atoms with van der Waals surface area (Å²) in [5.41, 5.74) is 12.8. The average molecular weight is 576 g/mol. The van der Waals surface area contributed by atoms with Crippen LogP contribution in [0.3, 0.4) is 0 Å². The highest BCUT2D eigenvalue weighted by Gasteiger charge is 2.36. The molecule has 1 aliphatic rings. The number of aromatic nitrogens is 1. The number of para-hydroxylation sites is 1. The molecular formula is C41H25N3O. The first-order valence-corrected chi connectivity index (χ1v) is 15.0. The molecule has 45 heavy (non-hydrogen) atoms. The molecule has 0 atom stereocenters. The van der Waals surface area contributed by atoms with E-state index < -0.39 is 0 Å². The van der Waals surface area contributed by atoms with Crippen molar-refractivity contribution in [1.82, 2.24) is 4.57 Å². The number of nitriles is 2. The summed E-state index contributed by atoms with van der Waals surface area (Å²) in [4.78, 5) is 0. The van der Waals surface area contributed by atoms with Crippen molar-refractivity contribution in [3.05, 3.63) is 138 Å². The topological polar surface area (TPSA) is 65.7 Å². The second-order valence-corrected chi connectivity index (χ2v) is 12.4. The molecule has 0 N–H and O–H groups in total. The quantitative estimate of drug-likeness (QED) is 0.206. The Labute approximate surface area is 259 Å². The van der Waals surface area contributed by atoms with Crippen LogP contribution in [-0.4, -0.2) is 4.57 Å². The summed E-state index contributed by atoms with van der Waals surface area (Å²) in [6.45, 7) is 4.64. The lowest BCUT2D eigenvalue weighted by Gasteiger charge is -2.21. The molecular weight excluding hydrogens is 550 g/mol. The summed E-state index contributed by atoms with van der Waals surface area (Å²) < 4.78 is 8.81. The van der Waals surface area contributed by atoms with Gasteiger partial charge in [-0.25, -0.2) is 0 Å². The molecule has 9 rings (SSSR count). The van der Waals surface area contributed by atoms with Crippen LogP contribution in [0.5, 0.6) is 0 Å². The maximum atomic E-state index is 9.59. The van der Waals surface area contributed by atoms with Gasteiger partial charge in [-0.1, -0.05) is 68.4 Å². The Hall–Kier alpha value is -6.10. The van der Waals surface area contributed by atoms with E-state index in [2.05, 4.69) is 109 Å². The van der Waals surface area contributed by atoms with Crippen molar-refractivity contribution < 1.29 is 4.42 Å². The normalized spacial score (nSPS) is 13.2. The Balaban J connectivity index is 1.36. The summed E-state index contributed by atoms with van der Waals surface area (Å²) in [5, 5.41) is 23.6. The lowest BCUT2D eigenvalue weighted by Crippen LogP contribution is -2.14. The van der Waals surface area contributed by atoms with E-state index in [1.807, 2.05) is 30.3 Å². The summed E-state index contributed by atoms with van der Waals surface area (Å²) in [6.07, 6.45) is 0. The number of fused-ring (bicyclic) bond motifs is 9. The summed E-state index contributed by atoms with van der Waals surface area (Å²) >= 11 is 0. The predicted molar refractivity (Wildman–Crippen MR) is 180 cm³/mol. The number of hydrogen-bond acceptors (Lipinski definition) is 3. The van der Waals surface area contributed by atoms with Gasteiger partial charge in [-0.05, 0) is 94.0 Å². The van der Waals surface area contributed by atoms with Crippen molar-refractivity contribution in [2.45, 2.75) is 19.3 Å². The number of hydrogen-bond donors (Lipinski definition) is 0. The minimum Gasteiger partial charge on any atom is -0.456 e. The fourth-order valence-corrected chi connectivity index (χ4v) is 7.52. The first kappa shape index (κ1) is 25.4. The van der Waals surface area contributed by atoms with Gasteiger partial charge >= 0.3 is 0 Å². The van der Waals surface area contributed by atoms with Crippen LogP contribution in [-0.2, 0) is 5.41 Å². The number of furan rings is 1. The lowest BCUT2D eigenvalue weighted by molar-refractivity contribution is 0.661. The van der Waals surface area contributed by atoms with E-state index in [0.717, 1.165) is 49.8 Å². The van der Waals surface area contributed by atoms with Gasteiger partial charge in [0.25, 0.3) is 0 Å². The molecule has 0 spiro atoms. The largest absolute Gasteiger partial charge is 0.456 e. The molecule has 0 aliphatic heterocycles. The third-order valence-corrected chi connectivity index (χ3v) is 9.61. The highest BCUT2D eigenvalue weighted by Crippen LogP contribution is 2.51. The summed E-state index contributed by atoms with van der Waals surface area (Å²) in [6, 6.07) is 44.2. The highest BCUT2D eigenvalue weighted by atomic mass is 16.3. The van der Waals surface area contributed by atoms with Gasteiger partial charge in [0, 0.05) is 21.6 Å². The van der Waals surface area contributed by atoms with Gasteiger partial charge in [0.05, 0.1) is 45.4 Å². The lowest BCUT2D eigenvalue weighted by atomic mass is 9.82. The Morgan fingerprint density at radius 2 is 1.36 bits per heavy atom. The SMILES string of the molecule is CC1(C)c2ccccc2-c2cc3c4ccccc4n(-c4cccc5oc6ccc(-c7cc(C#N)cc(C#N)c7)cc6c45)c3cc21. The predicted octanol–water partition coefficient (Wildman–Crippen LogP) is 10.4. The molecule has 0 radical (unpaired) electrons. The summed E-state index contributed by atoms with van der Waals surface area (Å²) in [5.74, 6) is 0. The first-order chi connectivity index (χ1) is 22.0.